The highest BCUT2D eigenvalue weighted by atomic mass is 79.9. The molecule has 7 nitrogen and oxygen atoms in total. The smallest absolute Gasteiger partial charge is 0.302 e. The van der Waals surface area contributed by atoms with Gasteiger partial charge in [-0.05, 0) is 5.56 Å². The van der Waals surface area contributed by atoms with Crippen LogP contribution in [0.1, 0.15) is 35.0 Å². The number of carbonyl (C=O) groups excluding carboxylic acids is 1. The molecule has 0 N–H and O–H groups in total. The first kappa shape index (κ1) is 28.6. The van der Waals surface area contributed by atoms with Gasteiger partial charge in [-0.25, -0.2) is 19.9 Å². The molecule has 0 fully saturated rings. The zero-order valence-electron chi connectivity index (χ0n) is 18.5. The van der Waals surface area contributed by atoms with Crippen molar-refractivity contribution in [3.05, 3.63) is 81.4 Å². The van der Waals surface area contributed by atoms with Crippen LogP contribution in [0.25, 0.3) is 0 Å². The summed E-state index contributed by atoms with van der Waals surface area (Å²) in [6, 6.07) is 10.1. The Labute approximate surface area is 225 Å². The van der Waals surface area contributed by atoms with Gasteiger partial charge >= 0.3 is 5.97 Å². The van der Waals surface area contributed by atoms with Crippen LogP contribution in [-0.4, -0.2) is 39.1 Å². The summed E-state index contributed by atoms with van der Waals surface area (Å²) in [7, 11) is 0. The molecule has 0 spiro atoms. The molecule has 0 aliphatic carbocycles. The highest BCUT2D eigenvalue weighted by Gasteiger charge is 2.10. The number of carbonyl (C=O) groups is 1. The van der Waals surface area contributed by atoms with Crippen molar-refractivity contribution in [2.24, 2.45) is 0 Å². The number of aromatic nitrogens is 4. The van der Waals surface area contributed by atoms with Crippen molar-refractivity contribution in [3.8, 4) is 0 Å². The van der Waals surface area contributed by atoms with Gasteiger partial charge in [-0.15, -0.1) is 0 Å². The lowest BCUT2D eigenvalue weighted by molar-refractivity contribution is -0.140. The maximum Gasteiger partial charge on any atom is 0.302 e. The minimum absolute atomic E-state index is 0.294. The number of alkyl halides is 2. The van der Waals surface area contributed by atoms with Crippen LogP contribution in [0.3, 0.4) is 0 Å². The Morgan fingerprint density at radius 2 is 1.38 bits per heavy atom. The first-order valence-electron chi connectivity index (χ1n) is 10.3. The molecule has 34 heavy (non-hydrogen) atoms. The van der Waals surface area contributed by atoms with E-state index in [9.17, 15) is 4.79 Å². The SMILES string of the molecule is CC(=O)OCCc1c(Cl)ncnc1CBr.Clc1ncnc(CBr)c1CCOCc1ccccc1. The second kappa shape index (κ2) is 16.1. The molecular weight excluding hydrogens is 611 g/mol. The first-order valence-corrected chi connectivity index (χ1v) is 13.3. The minimum Gasteiger partial charge on any atom is -0.466 e. The van der Waals surface area contributed by atoms with Crippen molar-refractivity contribution >= 4 is 61.0 Å². The lowest BCUT2D eigenvalue weighted by atomic mass is 10.2. The van der Waals surface area contributed by atoms with E-state index in [2.05, 4.69) is 51.8 Å². The fraction of sp³-hybridized carbons (Fsp3) is 0.348. The highest BCUT2D eigenvalue weighted by molar-refractivity contribution is 9.08. The van der Waals surface area contributed by atoms with Gasteiger partial charge in [0.25, 0.3) is 0 Å². The predicted octanol–water partition coefficient (Wildman–Crippen LogP) is 5.91. The molecule has 0 aliphatic heterocycles. The van der Waals surface area contributed by atoms with E-state index in [1.165, 1.54) is 25.1 Å². The number of halogens is 4. The normalized spacial score (nSPS) is 10.4. The van der Waals surface area contributed by atoms with Gasteiger partial charge in [-0.2, -0.15) is 0 Å². The number of hydrogen-bond acceptors (Lipinski definition) is 7. The van der Waals surface area contributed by atoms with E-state index < -0.39 is 0 Å². The second-order valence-corrected chi connectivity index (χ2v) is 8.66. The summed E-state index contributed by atoms with van der Waals surface area (Å²) >= 11 is 18.7. The molecule has 0 saturated carbocycles. The molecule has 2 heterocycles. The Kier molecular flexibility index (Phi) is 13.5. The number of nitrogens with zero attached hydrogens (tertiary/aromatic N) is 4. The van der Waals surface area contributed by atoms with Crippen LogP contribution < -0.4 is 0 Å². The minimum atomic E-state index is -0.302. The number of esters is 1. The maximum atomic E-state index is 10.6. The van der Waals surface area contributed by atoms with E-state index in [1.807, 2.05) is 30.3 Å². The quantitative estimate of drug-likeness (QED) is 0.119. The van der Waals surface area contributed by atoms with E-state index in [-0.39, 0.29) is 5.97 Å². The Morgan fingerprint density at radius 1 is 0.853 bits per heavy atom. The third-order valence-corrected chi connectivity index (χ3v) is 6.20. The van der Waals surface area contributed by atoms with Crippen LogP contribution in [0.15, 0.2) is 43.0 Å². The second-order valence-electron chi connectivity index (χ2n) is 6.82. The number of hydrogen-bond donors (Lipinski definition) is 0. The molecule has 0 aliphatic rings. The molecule has 3 rings (SSSR count). The molecule has 3 aromatic rings. The fourth-order valence-electron chi connectivity index (χ4n) is 2.81. The van der Waals surface area contributed by atoms with Crippen molar-refractivity contribution in [2.75, 3.05) is 13.2 Å². The largest absolute Gasteiger partial charge is 0.466 e. The molecule has 0 unspecified atom stereocenters. The summed E-state index contributed by atoms with van der Waals surface area (Å²) in [6.45, 7) is 2.87. The average molecular weight is 635 g/mol. The number of benzene rings is 1. The van der Waals surface area contributed by atoms with Crippen LogP contribution >= 0.6 is 55.1 Å². The zero-order chi connectivity index (χ0) is 24.8. The van der Waals surface area contributed by atoms with Gasteiger partial charge < -0.3 is 9.47 Å². The maximum absolute atomic E-state index is 10.6. The van der Waals surface area contributed by atoms with Crippen LogP contribution in [0.2, 0.25) is 10.3 Å². The van der Waals surface area contributed by atoms with E-state index in [0.717, 1.165) is 22.5 Å². The fourth-order valence-corrected chi connectivity index (χ4v) is 4.27. The molecular formula is C23H24Br2Cl2N4O3. The topological polar surface area (TPSA) is 87.1 Å². The summed E-state index contributed by atoms with van der Waals surface area (Å²) < 4.78 is 10.5. The van der Waals surface area contributed by atoms with Crippen molar-refractivity contribution in [3.63, 3.8) is 0 Å². The Balaban J connectivity index is 0.000000248. The lowest BCUT2D eigenvalue weighted by Gasteiger charge is -2.08. The van der Waals surface area contributed by atoms with Crippen LogP contribution in [0.4, 0.5) is 0 Å². The van der Waals surface area contributed by atoms with Crippen molar-refractivity contribution in [1.29, 1.82) is 0 Å². The summed E-state index contributed by atoms with van der Waals surface area (Å²) in [5.41, 5.74) is 4.68. The predicted molar refractivity (Wildman–Crippen MR) is 139 cm³/mol. The van der Waals surface area contributed by atoms with Crippen LogP contribution in [0, 0.1) is 0 Å². The van der Waals surface area contributed by atoms with E-state index in [1.54, 1.807) is 0 Å². The molecule has 0 atom stereocenters. The Hall–Kier alpha value is -1.65. The molecule has 182 valence electrons. The van der Waals surface area contributed by atoms with Gasteiger partial charge in [-0.1, -0.05) is 85.4 Å². The summed E-state index contributed by atoms with van der Waals surface area (Å²) in [5.74, 6) is -0.302. The Morgan fingerprint density at radius 3 is 1.88 bits per heavy atom. The molecule has 0 saturated heterocycles. The highest BCUT2D eigenvalue weighted by Crippen LogP contribution is 2.19. The average Bonchev–Trinajstić information content (AvgIpc) is 2.84. The van der Waals surface area contributed by atoms with Gasteiger partial charge in [0, 0.05) is 41.6 Å². The lowest BCUT2D eigenvalue weighted by Crippen LogP contribution is -2.07. The van der Waals surface area contributed by atoms with Gasteiger partial charge in [-0.3, -0.25) is 4.79 Å². The van der Waals surface area contributed by atoms with E-state index >= 15 is 0 Å². The molecule has 0 amide bonds. The van der Waals surface area contributed by atoms with Crippen molar-refractivity contribution in [1.82, 2.24) is 19.9 Å². The van der Waals surface area contributed by atoms with Gasteiger partial charge in [0.1, 0.15) is 23.0 Å². The summed E-state index contributed by atoms with van der Waals surface area (Å²) in [6.07, 6.45) is 4.13. The molecule has 0 bridgehead atoms. The van der Waals surface area contributed by atoms with Gasteiger partial charge in [0.05, 0.1) is 31.2 Å². The molecule has 0 radical (unpaired) electrons. The third kappa shape index (κ3) is 9.92. The third-order valence-electron chi connectivity index (χ3n) is 4.48. The first-order chi connectivity index (χ1) is 16.5. The molecule has 11 heteroatoms. The van der Waals surface area contributed by atoms with E-state index in [4.69, 9.17) is 32.7 Å². The van der Waals surface area contributed by atoms with Crippen LogP contribution in [-0.2, 0) is 44.4 Å². The standard InChI is InChI=1S/C14H14BrClN2O.C9H10BrClN2O2/c15-8-13-12(14(16)18-10-17-13)6-7-19-9-11-4-2-1-3-5-11;1-6(14)15-3-2-7-8(4-10)12-5-13-9(7)11/h1-5,10H,6-9H2;5H,2-4H2,1H3. The van der Waals surface area contributed by atoms with Gasteiger partial charge in [0.15, 0.2) is 0 Å². The number of rotatable bonds is 10. The summed E-state index contributed by atoms with van der Waals surface area (Å²) in [4.78, 5) is 26.7. The monoisotopic (exact) mass is 632 g/mol. The van der Waals surface area contributed by atoms with Crippen molar-refractivity contribution in [2.45, 2.75) is 37.0 Å². The number of ether oxygens (including phenoxy) is 2. The van der Waals surface area contributed by atoms with Crippen molar-refractivity contribution < 1.29 is 14.3 Å². The van der Waals surface area contributed by atoms with Gasteiger partial charge in [0.2, 0.25) is 0 Å². The zero-order valence-corrected chi connectivity index (χ0v) is 23.2. The molecule has 1 aromatic carbocycles. The van der Waals surface area contributed by atoms with E-state index in [0.29, 0.717) is 53.6 Å². The Bertz CT molecular complexity index is 1050. The molecule has 2 aromatic heterocycles. The summed E-state index contributed by atoms with van der Waals surface area (Å²) in [5, 5.41) is 2.19. The van der Waals surface area contributed by atoms with Crippen LogP contribution in [0.5, 0.6) is 0 Å².